The van der Waals surface area contributed by atoms with Gasteiger partial charge in [0.05, 0.1) is 0 Å². The third kappa shape index (κ3) is 1.49. The molecule has 2 rings (SSSR count). The summed E-state index contributed by atoms with van der Waals surface area (Å²) in [5.74, 6) is 0.662. The van der Waals surface area contributed by atoms with Gasteiger partial charge in [-0.05, 0) is 24.3 Å². The van der Waals surface area contributed by atoms with E-state index in [2.05, 4.69) is 43.6 Å². The van der Waals surface area contributed by atoms with E-state index < -0.39 is 0 Å². The summed E-state index contributed by atoms with van der Waals surface area (Å²) in [6.45, 7) is 6.53. The lowest BCUT2D eigenvalue weighted by Crippen LogP contribution is -2.41. The number of nitrogens with one attached hydrogen (secondary N) is 1. The van der Waals surface area contributed by atoms with Crippen LogP contribution in [0, 0.1) is 5.92 Å². The van der Waals surface area contributed by atoms with Gasteiger partial charge in [0.15, 0.2) is 0 Å². The van der Waals surface area contributed by atoms with Crippen LogP contribution in [0.1, 0.15) is 32.1 Å². The van der Waals surface area contributed by atoms with E-state index in [9.17, 15) is 4.79 Å². The summed E-state index contributed by atoms with van der Waals surface area (Å²) in [6.07, 6.45) is 0.631. The van der Waals surface area contributed by atoms with Crippen LogP contribution in [-0.4, -0.2) is 11.9 Å². The quantitative estimate of drug-likeness (QED) is 0.820. The number of thiophene rings is 1. The molecule has 1 aromatic heterocycles. The number of rotatable bonds is 2. The fraction of sp³-hybridized carbons (Fsp3) is 0.583. The molecule has 1 fully saturated rings. The first-order valence-electron chi connectivity index (χ1n) is 5.40. The van der Waals surface area contributed by atoms with Gasteiger partial charge in [-0.2, -0.15) is 0 Å². The lowest BCUT2D eigenvalue weighted by molar-refractivity contribution is -0.119. The summed E-state index contributed by atoms with van der Waals surface area (Å²) in [6, 6.07) is 4.46. The zero-order chi connectivity index (χ0) is 11.1. The minimum Gasteiger partial charge on any atom is -0.353 e. The molecule has 1 aliphatic heterocycles. The van der Waals surface area contributed by atoms with Gasteiger partial charge in [-0.15, -0.1) is 11.3 Å². The molecule has 2 unspecified atom stereocenters. The molecule has 2 atom stereocenters. The summed E-state index contributed by atoms with van der Waals surface area (Å²) in [4.78, 5) is 12.9. The molecule has 1 saturated heterocycles. The van der Waals surface area contributed by atoms with Gasteiger partial charge in [-0.25, -0.2) is 0 Å². The highest BCUT2D eigenvalue weighted by molar-refractivity contribution is 7.10. The molecular weight excluding hydrogens is 206 g/mol. The molecule has 1 aliphatic rings. The first kappa shape index (κ1) is 10.7. The summed E-state index contributed by atoms with van der Waals surface area (Å²) in [7, 11) is 0. The Morgan fingerprint density at radius 3 is 2.73 bits per heavy atom. The first-order chi connectivity index (χ1) is 7.07. The molecule has 0 saturated carbocycles. The summed E-state index contributed by atoms with van der Waals surface area (Å²) in [5.41, 5.74) is 0.00521. The second kappa shape index (κ2) is 3.63. The molecular formula is C12H17NOS. The zero-order valence-electron chi connectivity index (χ0n) is 9.41. The predicted molar refractivity (Wildman–Crippen MR) is 63.1 cm³/mol. The van der Waals surface area contributed by atoms with Crippen LogP contribution < -0.4 is 5.32 Å². The van der Waals surface area contributed by atoms with Crippen molar-refractivity contribution in [2.75, 3.05) is 0 Å². The first-order valence-corrected chi connectivity index (χ1v) is 6.28. The summed E-state index contributed by atoms with van der Waals surface area (Å²) in [5, 5.41) is 5.14. The van der Waals surface area contributed by atoms with Gasteiger partial charge in [0, 0.05) is 22.8 Å². The molecule has 1 aromatic rings. The smallest absolute Gasteiger partial charge is 0.221 e. The van der Waals surface area contributed by atoms with E-state index in [0.29, 0.717) is 12.3 Å². The van der Waals surface area contributed by atoms with Crippen LogP contribution in [0.25, 0.3) is 0 Å². The molecule has 0 spiro atoms. The van der Waals surface area contributed by atoms with Crippen molar-refractivity contribution in [1.82, 2.24) is 5.32 Å². The fourth-order valence-corrected chi connectivity index (χ4v) is 3.84. The lowest BCUT2D eigenvalue weighted by atomic mass is 9.71. The van der Waals surface area contributed by atoms with Gasteiger partial charge in [0.1, 0.15) is 0 Å². The highest BCUT2D eigenvalue weighted by Gasteiger charge is 2.48. The molecule has 15 heavy (non-hydrogen) atoms. The van der Waals surface area contributed by atoms with Crippen LogP contribution >= 0.6 is 11.3 Å². The number of carbonyl (C=O) groups excluding carboxylic acids is 1. The number of hydrogen-bond donors (Lipinski definition) is 1. The van der Waals surface area contributed by atoms with E-state index in [0.717, 1.165) is 0 Å². The molecule has 1 amide bonds. The van der Waals surface area contributed by atoms with Gasteiger partial charge in [0.2, 0.25) is 5.91 Å². The van der Waals surface area contributed by atoms with Crippen LogP contribution in [0.15, 0.2) is 17.5 Å². The monoisotopic (exact) mass is 223 g/mol. The van der Waals surface area contributed by atoms with Crippen LogP contribution in [0.3, 0.4) is 0 Å². The zero-order valence-corrected chi connectivity index (χ0v) is 10.2. The van der Waals surface area contributed by atoms with Crippen LogP contribution in [0.2, 0.25) is 0 Å². The van der Waals surface area contributed by atoms with E-state index in [4.69, 9.17) is 0 Å². The van der Waals surface area contributed by atoms with Gasteiger partial charge < -0.3 is 5.32 Å². The summed E-state index contributed by atoms with van der Waals surface area (Å²) < 4.78 is 0. The van der Waals surface area contributed by atoms with Crippen LogP contribution in [0.5, 0.6) is 0 Å². The average molecular weight is 223 g/mol. The van der Waals surface area contributed by atoms with Gasteiger partial charge in [-0.1, -0.05) is 19.9 Å². The lowest BCUT2D eigenvalue weighted by Gasteiger charge is -2.35. The van der Waals surface area contributed by atoms with E-state index in [-0.39, 0.29) is 17.4 Å². The third-order valence-electron chi connectivity index (χ3n) is 3.61. The topological polar surface area (TPSA) is 29.1 Å². The third-order valence-corrected chi connectivity index (χ3v) is 4.68. The van der Waals surface area contributed by atoms with Crippen molar-refractivity contribution < 1.29 is 4.79 Å². The molecule has 82 valence electrons. The fourth-order valence-electron chi connectivity index (χ4n) is 2.67. The Hall–Kier alpha value is -0.830. The highest BCUT2D eigenvalue weighted by atomic mass is 32.1. The molecule has 2 nitrogen and oxygen atoms in total. The molecule has 0 bridgehead atoms. The van der Waals surface area contributed by atoms with E-state index in [1.54, 1.807) is 11.3 Å². The van der Waals surface area contributed by atoms with Crippen molar-refractivity contribution in [2.45, 2.75) is 38.6 Å². The predicted octanol–water partition coefficient (Wildman–Crippen LogP) is 2.55. The van der Waals surface area contributed by atoms with Crippen molar-refractivity contribution >= 4 is 17.2 Å². The van der Waals surface area contributed by atoms with Crippen molar-refractivity contribution in [2.24, 2.45) is 5.92 Å². The molecule has 3 heteroatoms. The number of hydrogen-bond acceptors (Lipinski definition) is 2. The Labute approximate surface area is 94.7 Å². The van der Waals surface area contributed by atoms with Crippen LogP contribution in [-0.2, 0) is 10.2 Å². The van der Waals surface area contributed by atoms with Gasteiger partial charge >= 0.3 is 0 Å². The Balaban J connectivity index is 2.46. The van der Waals surface area contributed by atoms with E-state index in [1.807, 2.05) is 0 Å². The average Bonchev–Trinajstić information content (AvgIpc) is 2.72. The molecule has 0 radical (unpaired) electrons. The van der Waals surface area contributed by atoms with Gasteiger partial charge in [-0.3, -0.25) is 4.79 Å². The largest absolute Gasteiger partial charge is 0.353 e. The van der Waals surface area contributed by atoms with Crippen molar-refractivity contribution in [3.05, 3.63) is 22.4 Å². The minimum absolute atomic E-state index is 0.00521. The normalized spacial score (nSPS) is 30.9. The molecule has 1 N–H and O–H groups in total. The van der Waals surface area contributed by atoms with E-state index in [1.165, 1.54) is 4.88 Å². The van der Waals surface area contributed by atoms with Crippen molar-refractivity contribution in [1.29, 1.82) is 0 Å². The summed E-state index contributed by atoms with van der Waals surface area (Å²) >= 11 is 1.76. The Morgan fingerprint density at radius 2 is 2.33 bits per heavy atom. The number of amides is 1. The maximum absolute atomic E-state index is 11.6. The maximum atomic E-state index is 11.6. The second-order valence-corrected chi connectivity index (χ2v) is 5.59. The second-order valence-electron chi connectivity index (χ2n) is 4.64. The van der Waals surface area contributed by atoms with Crippen molar-refractivity contribution in [3.63, 3.8) is 0 Å². The Bertz CT molecular complexity index is 358. The van der Waals surface area contributed by atoms with Crippen LogP contribution in [0.4, 0.5) is 0 Å². The Kier molecular flexibility index (Phi) is 2.59. The maximum Gasteiger partial charge on any atom is 0.221 e. The standard InChI is InChI=1S/C12H17NOS/c1-8(2)12(10-5-4-6-15-10)7-11(14)13-9(12)3/h4-6,8-9H,7H2,1-3H3,(H,13,14). The number of carbonyl (C=O) groups is 1. The van der Waals surface area contributed by atoms with E-state index >= 15 is 0 Å². The molecule has 0 aliphatic carbocycles. The van der Waals surface area contributed by atoms with Gasteiger partial charge in [0.25, 0.3) is 0 Å². The molecule has 0 aromatic carbocycles. The van der Waals surface area contributed by atoms with Crippen molar-refractivity contribution in [3.8, 4) is 0 Å². The SMILES string of the molecule is CC(C)C1(c2cccs2)CC(=O)NC1C. The molecule has 2 heterocycles. The Morgan fingerprint density at radius 1 is 1.60 bits per heavy atom. The highest BCUT2D eigenvalue weighted by Crippen LogP contribution is 2.44. The minimum atomic E-state index is 0.00521.